The Balaban J connectivity index is 1.88. The number of guanidine groups is 1. The van der Waals surface area contributed by atoms with E-state index < -0.39 is 0 Å². The summed E-state index contributed by atoms with van der Waals surface area (Å²) in [6.45, 7) is 6.66. The van der Waals surface area contributed by atoms with Crippen molar-refractivity contribution in [2.45, 2.75) is 33.2 Å². The first-order chi connectivity index (χ1) is 8.15. The SMILES string of the molecule is Cc1cc(CN=C(N)N2CCC(C)CC2)on1. The van der Waals surface area contributed by atoms with Crippen molar-refractivity contribution in [2.24, 2.45) is 16.6 Å². The highest BCUT2D eigenvalue weighted by molar-refractivity contribution is 5.78. The van der Waals surface area contributed by atoms with Gasteiger partial charge in [0.25, 0.3) is 0 Å². The lowest BCUT2D eigenvalue weighted by molar-refractivity contribution is 0.277. The first kappa shape index (κ1) is 12.0. The maximum atomic E-state index is 5.96. The molecule has 5 nitrogen and oxygen atoms in total. The molecule has 0 radical (unpaired) electrons. The second-order valence-electron chi connectivity index (χ2n) is 4.78. The number of aromatic nitrogens is 1. The van der Waals surface area contributed by atoms with Crippen molar-refractivity contribution in [1.82, 2.24) is 10.1 Å². The van der Waals surface area contributed by atoms with Gasteiger partial charge in [0.15, 0.2) is 11.7 Å². The molecule has 1 aromatic heterocycles. The van der Waals surface area contributed by atoms with Crippen LogP contribution in [-0.2, 0) is 6.54 Å². The zero-order chi connectivity index (χ0) is 12.3. The fourth-order valence-corrected chi connectivity index (χ4v) is 1.99. The molecule has 0 aromatic carbocycles. The molecule has 1 aliphatic rings. The predicted molar refractivity (Wildman–Crippen MR) is 66.5 cm³/mol. The van der Waals surface area contributed by atoms with Crippen LogP contribution in [0.25, 0.3) is 0 Å². The van der Waals surface area contributed by atoms with Crippen LogP contribution in [0.4, 0.5) is 0 Å². The predicted octanol–water partition coefficient (Wildman–Crippen LogP) is 1.53. The first-order valence-electron chi connectivity index (χ1n) is 6.12. The molecular weight excluding hydrogens is 216 g/mol. The summed E-state index contributed by atoms with van der Waals surface area (Å²) in [5.74, 6) is 2.18. The van der Waals surface area contributed by atoms with E-state index in [0.717, 1.165) is 30.5 Å². The minimum Gasteiger partial charge on any atom is -0.370 e. The topological polar surface area (TPSA) is 67.7 Å². The van der Waals surface area contributed by atoms with E-state index in [1.165, 1.54) is 12.8 Å². The van der Waals surface area contributed by atoms with Gasteiger partial charge in [0.05, 0.1) is 5.69 Å². The van der Waals surface area contributed by atoms with E-state index in [0.29, 0.717) is 12.5 Å². The highest BCUT2D eigenvalue weighted by Crippen LogP contribution is 2.15. The minimum atomic E-state index is 0.471. The van der Waals surface area contributed by atoms with Crippen LogP contribution in [-0.4, -0.2) is 29.1 Å². The molecule has 2 heterocycles. The highest BCUT2D eigenvalue weighted by Gasteiger charge is 2.16. The molecule has 1 aromatic rings. The molecule has 0 bridgehead atoms. The van der Waals surface area contributed by atoms with Crippen molar-refractivity contribution in [3.8, 4) is 0 Å². The van der Waals surface area contributed by atoms with E-state index in [1.54, 1.807) is 0 Å². The molecule has 1 aliphatic heterocycles. The monoisotopic (exact) mass is 236 g/mol. The Morgan fingerprint density at radius 3 is 2.88 bits per heavy atom. The van der Waals surface area contributed by atoms with Crippen LogP contribution < -0.4 is 5.73 Å². The van der Waals surface area contributed by atoms with Crippen molar-refractivity contribution < 1.29 is 4.52 Å². The van der Waals surface area contributed by atoms with Gasteiger partial charge >= 0.3 is 0 Å². The Hall–Kier alpha value is -1.52. The summed E-state index contributed by atoms with van der Waals surface area (Å²) in [7, 11) is 0. The Kier molecular flexibility index (Phi) is 3.66. The standard InChI is InChI=1S/C12H20N4O/c1-9-3-5-16(6-4-9)12(13)14-8-11-7-10(2)15-17-11/h7,9H,3-6,8H2,1-2H3,(H2,13,14). The van der Waals surface area contributed by atoms with Crippen molar-refractivity contribution in [2.75, 3.05) is 13.1 Å². The summed E-state index contributed by atoms with van der Waals surface area (Å²) < 4.78 is 5.09. The summed E-state index contributed by atoms with van der Waals surface area (Å²) in [6.07, 6.45) is 2.38. The van der Waals surface area contributed by atoms with Gasteiger partial charge < -0.3 is 15.2 Å². The molecule has 1 saturated heterocycles. The first-order valence-corrected chi connectivity index (χ1v) is 6.12. The number of hydrogen-bond acceptors (Lipinski definition) is 3. The Morgan fingerprint density at radius 2 is 2.29 bits per heavy atom. The minimum absolute atomic E-state index is 0.471. The number of nitrogens with zero attached hydrogens (tertiary/aromatic N) is 3. The Bertz CT molecular complexity index is 391. The number of aryl methyl sites for hydroxylation is 1. The molecule has 17 heavy (non-hydrogen) atoms. The maximum Gasteiger partial charge on any atom is 0.191 e. The molecule has 5 heteroatoms. The van der Waals surface area contributed by atoms with E-state index in [9.17, 15) is 0 Å². The van der Waals surface area contributed by atoms with Crippen LogP contribution in [0.5, 0.6) is 0 Å². The lowest BCUT2D eigenvalue weighted by Crippen LogP contribution is -2.42. The molecule has 0 spiro atoms. The quantitative estimate of drug-likeness (QED) is 0.624. The van der Waals surface area contributed by atoms with Gasteiger partial charge in [0, 0.05) is 19.2 Å². The van der Waals surface area contributed by atoms with Gasteiger partial charge in [-0.3, -0.25) is 0 Å². The molecule has 0 amide bonds. The Morgan fingerprint density at radius 1 is 1.59 bits per heavy atom. The van der Waals surface area contributed by atoms with Crippen molar-refractivity contribution in [3.05, 3.63) is 17.5 Å². The number of aliphatic imine (C=N–C) groups is 1. The number of nitrogens with two attached hydrogens (primary N) is 1. The third-order valence-electron chi connectivity index (χ3n) is 3.18. The molecule has 2 rings (SSSR count). The van der Waals surface area contributed by atoms with Crippen LogP contribution in [0.3, 0.4) is 0 Å². The molecule has 94 valence electrons. The van der Waals surface area contributed by atoms with Gasteiger partial charge in [-0.25, -0.2) is 4.99 Å². The third-order valence-corrected chi connectivity index (χ3v) is 3.18. The summed E-state index contributed by atoms with van der Waals surface area (Å²) >= 11 is 0. The molecule has 0 unspecified atom stereocenters. The fourth-order valence-electron chi connectivity index (χ4n) is 1.99. The van der Waals surface area contributed by atoms with Crippen LogP contribution in [0, 0.1) is 12.8 Å². The van der Waals surface area contributed by atoms with E-state index in [4.69, 9.17) is 10.3 Å². The van der Waals surface area contributed by atoms with Crippen LogP contribution in [0.1, 0.15) is 31.2 Å². The van der Waals surface area contributed by atoms with Gasteiger partial charge in [-0.2, -0.15) is 0 Å². The smallest absolute Gasteiger partial charge is 0.191 e. The number of rotatable bonds is 2. The second kappa shape index (κ2) is 5.21. The molecule has 0 atom stereocenters. The molecular formula is C12H20N4O. The number of likely N-dealkylation sites (tertiary alicyclic amines) is 1. The molecule has 0 aliphatic carbocycles. The zero-order valence-corrected chi connectivity index (χ0v) is 10.5. The normalized spacial score (nSPS) is 18.7. The van der Waals surface area contributed by atoms with Gasteiger partial charge in [-0.15, -0.1) is 0 Å². The van der Waals surface area contributed by atoms with Crippen molar-refractivity contribution in [1.29, 1.82) is 0 Å². The largest absolute Gasteiger partial charge is 0.370 e. The average molecular weight is 236 g/mol. The summed E-state index contributed by atoms with van der Waals surface area (Å²) in [4.78, 5) is 6.49. The fraction of sp³-hybridized carbons (Fsp3) is 0.667. The van der Waals surface area contributed by atoms with E-state index >= 15 is 0 Å². The molecule has 1 fully saturated rings. The highest BCUT2D eigenvalue weighted by atomic mass is 16.5. The Labute approximate surface area is 102 Å². The number of hydrogen-bond donors (Lipinski definition) is 1. The van der Waals surface area contributed by atoms with Crippen molar-refractivity contribution in [3.63, 3.8) is 0 Å². The maximum absolute atomic E-state index is 5.96. The van der Waals surface area contributed by atoms with E-state index in [-0.39, 0.29) is 0 Å². The number of piperidine rings is 1. The zero-order valence-electron chi connectivity index (χ0n) is 10.5. The van der Waals surface area contributed by atoms with Gasteiger partial charge in [-0.05, 0) is 25.7 Å². The summed E-state index contributed by atoms with van der Waals surface area (Å²) in [6, 6.07) is 1.88. The van der Waals surface area contributed by atoms with Gasteiger partial charge in [0.2, 0.25) is 0 Å². The van der Waals surface area contributed by atoms with Crippen LogP contribution in [0.15, 0.2) is 15.6 Å². The van der Waals surface area contributed by atoms with E-state index in [2.05, 4.69) is 22.0 Å². The lowest BCUT2D eigenvalue weighted by Gasteiger charge is -2.30. The molecule has 2 N–H and O–H groups in total. The third kappa shape index (κ3) is 3.22. The van der Waals surface area contributed by atoms with Crippen LogP contribution in [0.2, 0.25) is 0 Å². The lowest BCUT2D eigenvalue weighted by atomic mass is 10.00. The second-order valence-corrected chi connectivity index (χ2v) is 4.78. The van der Waals surface area contributed by atoms with E-state index in [1.807, 2.05) is 13.0 Å². The van der Waals surface area contributed by atoms with Crippen LogP contribution >= 0.6 is 0 Å². The van der Waals surface area contributed by atoms with Crippen molar-refractivity contribution >= 4 is 5.96 Å². The summed E-state index contributed by atoms with van der Waals surface area (Å²) in [5, 5.41) is 3.82. The average Bonchev–Trinajstić information content (AvgIpc) is 2.73. The van der Waals surface area contributed by atoms with Gasteiger partial charge in [0.1, 0.15) is 6.54 Å². The van der Waals surface area contributed by atoms with Gasteiger partial charge in [-0.1, -0.05) is 12.1 Å². The summed E-state index contributed by atoms with van der Waals surface area (Å²) in [5.41, 5.74) is 6.84. The molecule has 0 saturated carbocycles.